The van der Waals surface area contributed by atoms with Gasteiger partial charge in [-0.3, -0.25) is 0 Å². The fourth-order valence-electron chi connectivity index (χ4n) is 2.45. The molecular weight excluding hydrogens is 266 g/mol. The second-order valence-corrected chi connectivity index (χ2v) is 6.76. The van der Waals surface area contributed by atoms with Crippen molar-refractivity contribution >= 4 is 11.8 Å². The highest BCUT2D eigenvalue weighted by atomic mass is 32.2. The van der Waals surface area contributed by atoms with Crippen LogP contribution < -0.4 is 5.73 Å². The molecule has 1 fully saturated rings. The summed E-state index contributed by atoms with van der Waals surface area (Å²) in [6, 6.07) is 10.8. The SMILES string of the molecule is CN1CCN(CCC[C@@H](N)CSc2ccccc2)CC1. The zero-order chi connectivity index (χ0) is 14.2. The van der Waals surface area contributed by atoms with E-state index in [0.29, 0.717) is 6.04 Å². The third-order valence-electron chi connectivity index (χ3n) is 3.85. The average molecular weight is 293 g/mol. The molecule has 2 rings (SSSR count). The molecule has 0 bridgehead atoms. The smallest absolute Gasteiger partial charge is 0.0134 e. The molecule has 1 aliphatic rings. The zero-order valence-corrected chi connectivity index (χ0v) is 13.3. The Morgan fingerprint density at radius 2 is 1.85 bits per heavy atom. The number of piperazine rings is 1. The Bertz CT molecular complexity index is 363. The zero-order valence-electron chi connectivity index (χ0n) is 12.5. The molecule has 0 radical (unpaired) electrons. The van der Waals surface area contributed by atoms with E-state index in [1.54, 1.807) is 0 Å². The first-order valence-corrected chi connectivity index (χ1v) is 8.57. The molecule has 1 aromatic rings. The van der Waals surface area contributed by atoms with Crippen molar-refractivity contribution in [3.05, 3.63) is 30.3 Å². The third kappa shape index (κ3) is 5.83. The van der Waals surface area contributed by atoms with Crippen molar-refractivity contribution in [2.24, 2.45) is 5.73 Å². The van der Waals surface area contributed by atoms with Gasteiger partial charge in [0.2, 0.25) is 0 Å². The summed E-state index contributed by atoms with van der Waals surface area (Å²) in [6.45, 7) is 6.04. The summed E-state index contributed by atoms with van der Waals surface area (Å²) in [7, 11) is 2.20. The Balaban J connectivity index is 1.55. The Morgan fingerprint density at radius 3 is 2.55 bits per heavy atom. The summed E-state index contributed by atoms with van der Waals surface area (Å²) < 4.78 is 0. The lowest BCUT2D eigenvalue weighted by atomic mass is 10.2. The summed E-state index contributed by atoms with van der Waals surface area (Å²) in [6.07, 6.45) is 2.35. The van der Waals surface area contributed by atoms with Gasteiger partial charge in [-0.2, -0.15) is 0 Å². The Labute approximate surface area is 127 Å². The van der Waals surface area contributed by atoms with E-state index in [0.717, 1.165) is 12.2 Å². The van der Waals surface area contributed by atoms with Crippen molar-refractivity contribution in [1.82, 2.24) is 9.80 Å². The first-order valence-electron chi connectivity index (χ1n) is 7.58. The fraction of sp³-hybridized carbons (Fsp3) is 0.625. The van der Waals surface area contributed by atoms with E-state index in [9.17, 15) is 0 Å². The normalized spacial score (nSPS) is 19.1. The number of nitrogens with zero attached hydrogens (tertiary/aromatic N) is 2. The predicted octanol–water partition coefficient (Wildman–Crippen LogP) is 2.13. The van der Waals surface area contributed by atoms with Gasteiger partial charge in [-0.15, -0.1) is 11.8 Å². The third-order valence-corrected chi connectivity index (χ3v) is 5.05. The van der Waals surface area contributed by atoms with Crippen LogP contribution in [0.2, 0.25) is 0 Å². The van der Waals surface area contributed by atoms with Crippen molar-refractivity contribution in [2.75, 3.05) is 45.5 Å². The maximum absolute atomic E-state index is 6.21. The molecular formula is C16H27N3S. The van der Waals surface area contributed by atoms with Crippen LogP contribution in [0.5, 0.6) is 0 Å². The molecule has 0 spiro atoms. The van der Waals surface area contributed by atoms with Crippen LogP contribution in [0.4, 0.5) is 0 Å². The molecule has 1 heterocycles. The summed E-state index contributed by atoms with van der Waals surface area (Å²) in [5, 5.41) is 0. The largest absolute Gasteiger partial charge is 0.327 e. The van der Waals surface area contributed by atoms with Crippen molar-refractivity contribution < 1.29 is 0 Å². The van der Waals surface area contributed by atoms with Crippen LogP contribution >= 0.6 is 11.8 Å². The average Bonchev–Trinajstić information content (AvgIpc) is 2.48. The second kappa shape index (κ2) is 8.67. The van der Waals surface area contributed by atoms with Crippen LogP contribution in [-0.2, 0) is 0 Å². The van der Waals surface area contributed by atoms with Crippen molar-refractivity contribution in [3.63, 3.8) is 0 Å². The Kier molecular flexibility index (Phi) is 6.87. The highest BCUT2D eigenvalue weighted by Gasteiger charge is 2.13. The van der Waals surface area contributed by atoms with E-state index >= 15 is 0 Å². The molecule has 0 unspecified atom stereocenters. The highest BCUT2D eigenvalue weighted by Crippen LogP contribution is 2.18. The molecule has 20 heavy (non-hydrogen) atoms. The minimum atomic E-state index is 0.313. The lowest BCUT2D eigenvalue weighted by Crippen LogP contribution is -2.44. The molecule has 4 heteroatoms. The Morgan fingerprint density at radius 1 is 1.15 bits per heavy atom. The topological polar surface area (TPSA) is 32.5 Å². The molecule has 1 saturated heterocycles. The molecule has 0 amide bonds. The van der Waals surface area contributed by atoms with Crippen molar-refractivity contribution in [2.45, 2.75) is 23.8 Å². The van der Waals surface area contributed by atoms with Gasteiger partial charge in [0.05, 0.1) is 0 Å². The minimum absolute atomic E-state index is 0.313. The van der Waals surface area contributed by atoms with Gasteiger partial charge in [-0.25, -0.2) is 0 Å². The number of benzene rings is 1. The van der Waals surface area contributed by atoms with Crippen LogP contribution in [0.3, 0.4) is 0 Å². The summed E-state index contributed by atoms with van der Waals surface area (Å²) >= 11 is 1.87. The Hall–Kier alpha value is -0.550. The van der Waals surface area contributed by atoms with Gasteiger partial charge in [0, 0.05) is 42.9 Å². The van der Waals surface area contributed by atoms with Gasteiger partial charge in [-0.1, -0.05) is 18.2 Å². The van der Waals surface area contributed by atoms with E-state index in [1.807, 2.05) is 11.8 Å². The van der Waals surface area contributed by atoms with Crippen LogP contribution in [-0.4, -0.2) is 61.4 Å². The van der Waals surface area contributed by atoms with Crippen LogP contribution in [0.25, 0.3) is 0 Å². The fourth-order valence-corrected chi connectivity index (χ4v) is 3.37. The highest BCUT2D eigenvalue weighted by molar-refractivity contribution is 7.99. The molecule has 3 nitrogen and oxygen atoms in total. The van der Waals surface area contributed by atoms with Gasteiger partial charge < -0.3 is 15.5 Å². The number of rotatable bonds is 7. The van der Waals surface area contributed by atoms with Crippen LogP contribution in [0, 0.1) is 0 Å². The number of hydrogen-bond acceptors (Lipinski definition) is 4. The van der Waals surface area contributed by atoms with E-state index < -0.39 is 0 Å². The van der Waals surface area contributed by atoms with Gasteiger partial charge in [0.1, 0.15) is 0 Å². The van der Waals surface area contributed by atoms with E-state index in [4.69, 9.17) is 5.73 Å². The number of likely N-dealkylation sites (N-methyl/N-ethyl adjacent to an activating group) is 1. The van der Waals surface area contributed by atoms with Gasteiger partial charge >= 0.3 is 0 Å². The minimum Gasteiger partial charge on any atom is -0.327 e. The quantitative estimate of drug-likeness (QED) is 0.781. The molecule has 1 aromatic carbocycles. The van der Waals surface area contributed by atoms with Gasteiger partial charge in [0.25, 0.3) is 0 Å². The second-order valence-electron chi connectivity index (χ2n) is 5.67. The van der Waals surface area contributed by atoms with Crippen LogP contribution in [0.1, 0.15) is 12.8 Å². The number of thioether (sulfide) groups is 1. The number of hydrogen-bond donors (Lipinski definition) is 1. The van der Waals surface area contributed by atoms with Gasteiger partial charge in [-0.05, 0) is 38.6 Å². The lowest BCUT2D eigenvalue weighted by Gasteiger charge is -2.32. The van der Waals surface area contributed by atoms with Crippen molar-refractivity contribution in [1.29, 1.82) is 0 Å². The molecule has 1 aliphatic heterocycles. The maximum atomic E-state index is 6.21. The molecule has 1 atom stereocenters. The summed E-state index contributed by atoms with van der Waals surface area (Å²) in [5.41, 5.74) is 6.21. The molecule has 0 aromatic heterocycles. The van der Waals surface area contributed by atoms with E-state index in [-0.39, 0.29) is 0 Å². The van der Waals surface area contributed by atoms with E-state index in [1.165, 1.54) is 44.0 Å². The molecule has 2 N–H and O–H groups in total. The first-order chi connectivity index (χ1) is 9.74. The van der Waals surface area contributed by atoms with Crippen molar-refractivity contribution in [3.8, 4) is 0 Å². The monoisotopic (exact) mass is 293 g/mol. The predicted molar refractivity (Wildman–Crippen MR) is 88.3 cm³/mol. The maximum Gasteiger partial charge on any atom is 0.0134 e. The van der Waals surface area contributed by atoms with E-state index in [2.05, 4.69) is 47.2 Å². The lowest BCUT2D eigenvalue weighted by molar-refractivity contribution is 0.151. The summed E-state index contributed by atoms with van der Waals surface area (Å²) in [4.78, 5) is 6.29. The first kappa shape index (κ1) is 15.8. The number of nitrogens with two attached hydrogens (primary N) is 1. The van der Waals surface area contributed by atoms with Gasteiger partial charge in [0.15, 0.2) is 0 Å². The molecule has 112 valence electrons. The van der Waals surface area contributed by atoms with Crippen LogP contribution in [0.15, 0.2) is 35.2 Å². The molecule has 0 saturated carbocycles. The standard InChI is InChI=1S/C16H27N3S/c1-18-10-12-19(13-11-18)9-5-6-15(17)14-20-16-7-3-2-4-8-16/h2-4,7-8,15H,5-6,9-14,17H2,1H3/t15-/m1/s1. The molecule has 0 aliphatic carbocycles. The summed E-state index contributed by atoms with van der Waals surface area (Å²) in [5.74, 6) is 1.02.